The molecule has 3 aromatic rings. The molecular weight excluding hydrogens is 728 g/mol. The number of rotatable bonds is 38. The first-order valence-electron chi connectivity index (χ1n) is 24.8. The van der Waals surface area contributed by atoms with Crippen molar-refractivity contribution in [3.05, 3.63) is 89.0 Å². The first kappa shape index (κ1) is 49.8. The lowest BCUT2D eigenvalue weighted by molar-refractivity contribution is 0.387. The van der Waals surface area contributed by atoms with Crippen molar-refractivity contribution in [3.8, 4) is 17.2 Å². The van der Waals surface area contributed by atoms with E-state index in [2.05, 4.69) is 94.4 Å². The molecule has 0 unspecified atom stereocenters. The van der Waals surface area contributed by atoms with Gasteiger partial charge in [-0.3, -0.25) is 0 Å². The fourth-order valence-corrected chi connectivity index (χ4v) is 8.94. The van der Waals surface area contributed by atoms with Crippen LogP contribution in [0.1, 0.15) is 230 Å². The third-order valence-corrected chi connectivity index (χ3v) is 12.8. The number of unbranched alkanes of at least 4 members (excludes halogenated alkanes) is 24. The molecule has 3 nitrogen and oxygen atoms in total. The zero-order chi connectivity index (χ0) is 41.1. The van der Waals surface area contributed by atoms with Gasteiger partial charge in [0.05, 0.1) is 0 Å². The minimum absolute atomic E-state index is 0.799. The Bertz CT molecular complexity index is 1270. The van der Waals surface area contributed by atoms with E-state index in [0.29, 0.717) is 0 Å². The molecule has 0 heterocycles. The van der Waals surface area contributed by atoms with Gasteiger partial charge in [-0.05, 0) is 110 Å². The Kier molecular flexibility index (Phi) is 29.4. The Labute approximate surface area is 360 Å². The Balaban J connectivity index is 1.70. The van der Waals surface area contributed by atoms with E-state index in [0.717, 1.165) is 42.9 Å². The molecule has 0 saturated carbocycles. The van der Waals surface area contributed by atoms with Crippen molar-refractivity contribution < 1.29 is 13.6 Å². The van der Waals surface area contributed by atoms with Gasteiger partial charge in [-0.1, -0.05) is 212 Å². The van der Waals surface area contributed by atoms with Crippen LogP contribution in [0.15, 0.2) is 66.7 Å². The van der Waals surface area contributed by atoms with Crippen LogP contribution in [0.3, 0.4) is 0 Å². The quantitative estimate of drug-likeness (QED) is 0.0426. The molecule has 0 aliphatic heterocycles. The van der Waals surface area contributed by atoms with Gasteiger partial charge in [-0.2, -0.15) is 0 Å². The summed E-state index contributed by atoms with van der Waals surface area (Å²) in [5.74, 6) is 2.47. The molecule has 0 N–H and O–H groups in total. The molecule has 0 aromatic heterocycles. The van der Waals surface area contributed by atoms with E-state index in [1.165, 1.54) is 202 Å². The largest absolute Gasteiger partial charge is 0.530 e. The van der Waals surface area contributed by atoms with Crippen molar-refractivity contribution in [2.45, 2.75) is 233 Å². The Morgan fingerprint density at radius 3 is 0.845 bits per heavy atom. The fourth-order valence-electron chi connectivity index (χ4n) is 7.96. The summed E-state index contributed by atoms with van der Waals surface area (Å²) in [4.78, 5) is 0. The summed E-state index contributed by atoms with van der Waals surface area (Å²) in [6, 6.07) is 24.3. The van der Waals surface area contributed by atoms with Crippen molar-refractivity contribution in [2.24, 2.45) is 0 Å². The normalized spacial score (nSPS) is 11.4. The molecule has 0 saturated heterocycles. The minimum atomic E-state index is -1.73. The number of benzene rings is 3. The van der Waals surface area contributed by atoms with Crippen LogP contribution in [-0.4, -0.2) is 0 Å². The predicted molar refractivity (Wildman–Crippen MR) is 255 cm³/mol. The lowest BCUT2D eigenvalue weighted by atomic mass is 9.99. The zero-order valence-corrected chi connectivity index (χ0v) is 39.0. The average Bonchev–Trinajstić information content (AvgIpc) is 3.23. The van der Waals surface area contributed by atoms with Crippen molar-refractivity contribution >= 4 is 8.60 Å². The summed E-state index contributed by atoms with van der Waals surface area (Å²) < 4.78 is 20.0. The van der Waals surface area contributed by atoms with Crippen molar-refractivity contribution in [3.63, 3.8) is 0 Å². The number of aryl methyl sites for hydroxylation is 4. The molecule has 0 spiro atoms. The Hall–Kier alpha value is -2.51. The highest BCUT2D eigenvalue weighted by Gasteiger charge is 2.21. The Morgan fingerprint density at radius 2 is 0.534 bits per heavy atom. The van der Waals surface area contributed by atoms with Gasteiger partial charge in [0.15, 0.2) is 0 Å². The maximum atomic E-state index is 6.77. The van der Waals surface area contributed by atoms with Gasteiger partial charge in [0.25, 0.3) is 0 Å². The highest BCUT2D eigenvalue weighted by Crippen LogP contribution is 2.43. The number of hydrogen-bond donors (Lipinski definition) is 0. The molecule has 0 amide bonds. The van der Waals surface area contributed by atoms with Gasteiger partial charge in [-0.15, -0.1) is 0 Å². The number of hydrogen-bond acceptors (Lipinski definition) is 3. The molecule has 4 heteroatoms. The standard InChI is InChI=1S/C54H87O3P/c1-5-9-13-17-21-25-29-33-48-37-41-52(42-38-48)55-58(56-53-43-39-49(40-44-53)34-30-26-22-18-14-10-6-2)57-54-46-50(35-31-27-23-19-15-11-7-3)45-51(47-54)36-32-28-24-20-16-12-8-4/h37-47H,5-36H2,1-4H3. The first-order valence-corrected chi connectivity index (χ1v) is 25.9. The third kappa shape index (κ3) is 24.5. The molecule has 326 valence electrons. The molecule has 0 bridgehead atoms. The summed E-state index contributed by atoms with van der Waals surface area (Å²) in [7, 11) is -1.73. The summed E-state index contributed by atoms with van der Waals surface area (Å²) >= 11 is 0. The summed E-state index contributed by atoms with van der Waals surface area (Å²) in [6.45, 7) is 9.16. The molecule has 3 aromatic carbocycles. The molecule has 3 rings (SSSR count). The molecule has 0 radical (unpaired) electrons. The van der Waals surface area contributed by atoms with E-state index in [-0.39, 0.29) is 0 Å². The monoisotopic (exact) mass is 815 g/mol. The predicted octanol–water partition coefficient (Wildman–Crippen LogP) is 18.6. The van der Waals surface area contributed by atoms with Gasteiger partial charge in [-0.25, -0.2) is 0 Å². The molecule has 0 aliphatic carbocycles. The van der Waals surface area contributed by atoms with E-state index in [9.17, 15) is 0 Å². The molecule has 58 heavy (non-hydrogen) atoms. The maximum absolute atomic E-state index is 6.77. The van der Waals surface area contributed by atoms with Crippen LogP contribution in [0.4, 0.5) is 0 Å². The Morgan fingerprint density at radius 1 is 0.276 bits per heavy atom. The van der Waals surface area contributed by atoms with Crippen molar-refractivity contribution in [1.82, 2.24) is 0 Å². The summed E-state index contributed by atoms with van der Waals surface area (Å²) in [5, 5.41) is 0. The fraction of sp³-hybridized carbons (Fsp3) is 0.667. The van der Waals surface area contributed by atoms with Crippen LogP contribution in [0.2, 0.25) is 0 Å². The van der Waals surface area contributed by atoms with Gasteiger partial charge in [0, 0.05) is 0 Å². The van der Waals surface area contributed by atoms with E-state index in [1.54, 1.807) is 0 Å². The second-order valence-electron chi connectivity index (χ2n) is 17.3. The molecule has 0 atom stereocenters. The second-order valence-corrected chi connectivity index (χ2v) is 18.3. The van der Waals surface area contributed by atoms with Crippen LogP contribution in [0.25, 0.3) is 0 Å². The van der Waals surface area contributed by atoms with Gasteiger partial charge in [0.1, 0.15) is 17.2 Å². The maximum Gasteiger partial charge on any atom is 0.530 e. The SMILES string of the molecule is CCCCCCCCCc1ccc(OP(Oc2ccc(CCCCCCCCC)cc2)Oc2cc(CCCCCCCCC)cc(CCCCCCCCC)c2)cc1. The average molecular weight is 815 g/mol. The zero-order valence-electron chi connectivity index (χ0n) is 38.2. The van der Waals surface area contributed by atoms with E-state index >= 15 is 0 Å². The van der Waals surface area contributed by atoms with Crippen molar-refractivity contribution in [2.75, 3.05) is 0 Å². The van der Waals surface area contributed by atoms with E-state index < -0.39 is 8.60 Å². The highest BCUT2D eigenvalue weighted by atomic mass is 31.2. The van der Waals surface area contributed by atoms with Crippen LogP contribution >= 0.6 is 8.60 Å². The summed E-state index contributed by atoms with van der Waals surface area (Å²) in [5.41, 5.74) is 5.50. The third-order valence-electron chi connectivity index (χ3n) is 11.7. The summed E-state index contributed by atoms with van der Waals surface area (Å²) in [6.07, 6.45) is 41.6. The van der Waals surface area contributed by atoms with Crippen molar-refractivity contribution in [1.29, 1.82) is 0 Å². The lowest BCUT2D eigenvalue weighted by Gasteiger charge is -2.19. The molecule has 0 aliphatic rings. The highest BCUT2D eigenvalue weighted by molar-refractivity contribution is 7.43. The molecule has 0 fully saturated rings. The van der Waals surface area contributed by atoms with Gasteiger partial charge < -0.3 is 13.6 Å². The van der Waals surface area contributed by atoms with Crippen LogP contribution in [-0.2, 0) is 25.7 Å². The minimum Gasteiger partial charge on any atom is -0.409 e. The smallest absolute Gasteiger partial charge is 0.409 e. The van der Waals surface area contributed by atoms with Gasteiger partial charge >= 0.3 is 8.60 Å². The van der Waals surface area contributed by atoms with E-state index in [4.69, 9.17) is 13.6 Å². The van der Waals surface area contributed by atoms with Crippen LogP contribution in [0, 0.1) is 0 Å². The topological polar surface area (TPSA) is 27.7 Å². The van der Waals surface area contributed by atoms with Crippen LogP contribution in [0.5, 0.6) is 17.2 Å². The second kappa shape index (κ2) is 34.2. The van der Waals surface area contributed by atoms with Crippen LogP contribution < -0.4 is 13.6 Å². The first-order chi connectivity index (χ1) is 28.6. The van der Waals surface area contributed by atoms with E-state index in [1.807, 2.05) is 0 Å². The van der Waals surface area contributed by atoms with Gasteiger partial charge in [0.2, 0.25) is 0 Å². The lowest BCUT2D eigenvalue weighted by Crippen LogP contribution is -2.04. The molecular formula is C54H87O3P.